The molecular formula is C31H35N5O. The average molecular weight is 494 g/mol. The summed E-state index contributed by atoms with van der Waals surface area (Å²) in [6.07, 6.45) is 7.57. The first-order chi connectivity index (χ1) is 18.0. The van der Waals surface area contributed by atoms with Crippen molar-refractivity contribution in [2.75, 3.05) is 12.3 Å². The van der Waals surface area contributed by atoms with E-state index in [0.29, 0.717) is 11.7 Å². The number of aliphatic hydroxyl groups is 1. The molecule has 0 bridgehead atoms. The number of hydrogen-bond donors (Lipinski definition) is 2. The van der Waals surface area contributed by atoms with Crippen LogP contribution in [0.5, 0.6) is 0 Å². The Bertz CT molecular complexity index is 1520. The zero-order valence-electron chi connectivity index (χ0n) is 21.9. The molecule has 0 aliphatic carbocycles. The Hall–Kier alpha value is -3.77. The van der Waals surface area contributed by atoms with Crippen molar-refractivity contribution in [3.63, 3.8) is 0 Å². The minimum atomic E-state index is 0.228. The molecule has 2 aromatic carbocycles. The summed E-state index contributed by atoms with van der Waals surface area (Å²) in [6.45, 7) is 6.69. The lowest BCUT2D eigenvalue weighted by Crippen LogP contribution is -2.10. The molecule has 0 spiro atoms. The molecule has 6 heteroatoms. The van der Waals surface area contributed by atoms with Gasteiger partial charge in [0.05, 0.1) is 11.2 Å². The minimum absolute atomic E-state index is 0.228. The van der Waals surface area contributed by atoms with Crippen LogP contribution in [-0.2, 0) is 0 Å². The lowest BCUT2D eigenvalue weighted by Gasteiger charge is -2.17. The Morgan fingerprint density at radius 3 is 2.49 bits per heavy atom. The smallest absolute Gasteiger partial charge is 0.150 e. The molecule has 0 saturated carbocycles. The first-order valence-corrected chi connectivity index (χ1v) is 13.2. The van der Waals surface area contributed by atoms with E-state index in [0.717, 1.165) is 70.4 Å². The minimum Gasteiger partial charge on any atom is -0.396 e. The topological polar surface area (TPSA) is 89.3 Å². The van der Waals surface area contributed by atoms with Crippen LogP contribution in [0, 0.1) is 12.8 Å². The number of rotatable bonds is 9. The van der Waals surface area contributed by atoms with Crippen LogP contribution in [0.4, 0.5) is 5.82 Å². The third-order valence-electron chi connectivity index (χ3n) is 7.59. The summed E-state index contributed by atoms with van der Waals surface area (Å²) in [6, 6.07) is 18.8. The fourth-order valence-electron chi connectivity index (χ4n) is 5.26. The number of nitrogen functional groups attached to an aromatic ring is 1. The van der Waals surface area contributed by atoms with Gasteiger partial charge in [0.25, 0.3) is 0 Å². The van der Waals surface area contributed by atoms with Gasteiger partial charge in [0.2, 0.25) is 0 Å². The van der Waals surface area contributed by atoms with Gasteiger partial charge in [-0.05, 0) is 49.8 Å². The number of pyridine rings is 1. The van der Waals surface area contributed by atoms with E-state index in [-0.39, 0.29) is 12.5 Å². The second-order valence-corrected chi connectivity index (χ2v) is 9.91. The van der Waals surface area contributed by atoms with Crippen LogP contribution in [0.3, 0.4) is 0 Å². The monoisotopic (exact) mass is 493 g/mol. The molecule has 37 heavy (non-hydrogen) atoms. The lowest BCUT2D eigenvalue weighted by atomic mass is 9.92. The van der Waals surface area contributed by atoms with Crippen LogP contribution in [-0.4, -0.2) is 31.1 Å². The summed E-state index contributed by atoms with van der Waals surface area (Å²) in [5.74, 6) is 2.04. The lowest BCUT2D eigenvalue weighted by molar-refractivity contribution is 0.209. The number of hydrogen-bond acceptors (Lipinski definition) is 5. The molecule has 3 aromatic heterocycles. The van der Waals surface area contributed by atoms with Crippen molar-refractivity contribution >= 4 is 22.2 Å². The Balaban J connectivity index is 1.62. The number of nitrogens with two attached hydrogens (primary N) is 1. The predicted octanol–water partition coefficient (Wildman–Crippen LogP) is 6.79. The molecular weight excluding hydrogens is 458 g/mol. The standard InChI is InChI=1S/C31H35N5O/c1-4-21(19-37)11-12-22(5-2)31-35-28(29-30(32)33-15-16-36(29)31)24-13-14-25-20(3)17-26(34-27(25)18-24)23-9-7-6-8-10-23/h6-10,13-18,21-22,37H,4-5,11-12,19H2,1-3H3,(H2,32,33)/t21-,22?/m0/s1. The van der Waals surface area contributed by atoms with E-state index in [1.165, 1.54) is 5.56 Å². The summed E-state index contributed by atoms with van der Waals surface area (Å²) >= 11 is 0. The molecule has 0 radical (unpaired) electrons. The van der Waals surface area contributed by atoms with Gasteiger partial charge in [-0.3, -0.25) is 4.40 Å². The fourth-order valence-corrected chi connectivity index (χ4v) is 5.26. The molecule has 0 aliphatic heterocycles. The van der Waals surface area contributed by atoms with Gasteiger partial charge in [-0.15, -0.1) is 0 Å². The summed E-state index contributed by atoms with van der Waals surface area (Å²) in [7, 11) is 0. The number of nitrogens with zero attached hydrogens (tertiary/aromatic N) is 4. The van der Waals surface area contributed by atoms with Gasteiger partial charge in [0, 0.05) is 41.4 Å². The van der Waals surface area contributed by atoms with Crippen LogP contribution >= 0.6 is 0 Å². The number of aromatic nitrogens is 4. The van der Waals surface area contributed by atoms with Crippen LogP contribution in [0.1, 0.15) is 56.8 Å². The Morgan fingerprint density at radius 1 is 0.946 bits per heavy atom. The van der Waals surface area contributed by atoms with Crippen molar-refractivity contribution in [2.24, 2.45) is 5.92 Å². The molecule has 0 aliphatic rings. The van der Waals surface area contributed by atoms with Gasteiger partial charge in [-0.2, -0.15) is 0 Å². The molecule has 2 atom stereocenters. The first kappa shape index (κ1) is 24.9. The van der Waals surface area contributed by atoms with Crippen molar-refractivity contribution in [2.45, 2.75) is 52.4 Å². The van der Waals surface area contributed by atoms with E-state index in [2.05, 4.69) is 66.6 Å². The molecule has 0 fully saturated rings. The number of aliphatic hydroxyl groups excluding tert-OH is 1. The molecule has 0 amide bonds. The highest BCUT2D eigenvalue weighted by atomic mass is 16.3. The fraction of sp³-hybridized carbons (Fsp3) is 0.323. The number of fused-ring (bicyclic) bond motifs is 2. The van der Waals surface area contributed by atoms with E-state index in [9.17, 15) is 5.11 Å². The highest BCUT2D eigenvalue weighted by Crippen LogP contribution is 2.35. The van der Waals surface area contributed by atoms with E-state index in [4.69, 9.17) is 15.7 Å². The van der Waals surface area contributed by atoms with Crippen LogP contribution in [0.15, 0.2) is 67.0 Å². The Labute approximate surface area is 218 Å². The first-order valence-electron chi connectivity index (χ1n) is 13.2. The van der Waals surface area contributed by atoms with E-state index in [1.807, 2.05) is 24.4 Å². The van der Waals surface area contributed by atoms with E-state index in [1.54, 1.807) is 6.20 Å². The second-order valence-electron chi connectivity index (χ2n) is 9.91. The maximum atomic E-state index is 9.69. The Kier molecular flexibility index (Phi) is 7.19. The van der Waals surface area contributed by atoms with Crippen molar-refractivity contribution in [1.82, 2.24) is 19.4 Å². The van der Waals surface area contributed by atoms with Crippen molar-refractivity contribution in [3.05, 3.63) is 78.4 Å². The Morgan fingerprint density at radius 2 is 1.76 bits per heavy atom. The number of benzene rings is 2. The molecule has 1 unspecified atom stereocenters. The van der Waals surface area contributed by atoms with Gasteiger partial charge in [0.15, 0.2) is 0 Å². The predicted molar refractivity (Wildman–Crippen MR) is 151 cm³/mol. The maximum absolute atomic E-state index is 9.69. The van der Waals surface area contributed by atoms with E-state index < -0.39 is 0 Å². The number of aryl methyl sites for hydroxylation is 1. The molecule has 190 valence electrons. The molecule has 5 rings (SSSR count). The highest BCUT2D eigenvalue weighted by Gasteiger charge is 2.23. The average Bonchev–Trinajstić information content (AvgIpc) is 3.32. The molecule has 0 saturated heterocycles. The van der Waals surface area contributed by atoms with Gasteiger partial charge in [-0.1, -0.05) is 62.7 Å². The molecule has 3 heterocycles. The zero-order chi connectivity index (χ0) is 25.9. The third-order valence-corrected chi connectivity index (χ3v) is 7.59. The summed E-state index contributed by atoms with van der Waals surface area (Å²) < 4.78 is 2.11. The molecule has 6 nitrogen and oxygen atoms in total. The highest BCUT2D eigenvalue weighted by molar-refractivity contribution is 5.92. The SMILES string of the molecule is CCC(CC[C@H](CC)CO)c1nc(-c2ccc3c(C)cc(-c4ccccc4)nc3c2)c2c(N)nccn12. The molecule has 3 N–H and O–H groups in total. The maximum Gasteiger partial charge on any atom is 0.150 e. The summed E-state index contributed by atoms with van der Waals surface area (Å²) in [4.78, 5) is 14.6. The quantitative estimate of drug-likeness (QED) is 0.236. The molecule has 5 aromatic rings. The van der Waals surface area contributed by atoms with Crippen molar-refractivity contribution in [3.8, 4) is 22.5 Å². The third kappa shape index (κ3) is 4.81. The summed E-state index contributed by atoms with van der Waals surface area (Å²) in [5.41, 5.74) is 13.2. The van der Waals surface area contributed by atoms with Gasteiger partial charge in [-0.25, -0.2) is 15.0 Å². The van der Waals surface area contributed by atoms with Gasteiger partial charge >= 0.3 is 0 Å². The largest absolute Gasteiger partial charge is 0.396 e. The van der Waals surface area contributed by atoms with Crippen LogP contribution in [0.25, 0.3) is 38.9 Å². The number of anilines is 1. The second kappa shape index (κ2) is 10.7. The summed E-state index contributed by atoms with van der Waals surface area (Å²) in [5, 5.41) is 10.8. The number of imidazole rings is 1. The normalized spacial score (nSPS) is 13.3. The zero-order valence-corrected chi connectivity index (χ0v) is 21.9. The van der Waals surface area contributed by atoms with Crippen molar-refractivity contribution in [1.29, 1.82) is 0 Å². The van der Waals surface area contributed by atoms with E-state index >= 15 is 0 Å². The van der Waals surface area contributed by atoms with Crippen LogP contribution < -0.4 is 5.73 Å². The van der Waals surface area contributed by atoms with Crippen LogP contribution in [0.2, 0.25) is 0 Å². The van der Waals surface area contributed by atoms with Gasteiger partial charge < -0.3 is 10.8 Å². The van der Waals surface area contributed by atoms with Crippen molar-refractivity contribution < 1.29 is 5.11 Å². The van der Waals surface area contributed by atoms with Gasteiger partial charge in [0.1, 0.15) is 22.9 Å².